The van der Waals surface area contributed by atoms with E-state index in [1.165, 1.54) is 37.8 Å². The molecule has 1 saturated carbocycles. The predicted molar refractivity (Wildman–Crippen MR) is 150 cm³/mol. The van der Waals surface area contributed by atoms with E-state index in [4.69, 9.17) is 4.42 Å². The molecule has 1 radical (unpaired) electrons. The second kappa shape index (κ2) is 10.6. The van der Waals surface area contributed by atoms with Crippen molar-refractivity contribution in [1.82, 2.24) is 19.8 Å². The number of hydrogen-bond acceptors (Lipinski definition) is 7. The smallest absolute Gasteiger partial charge is 0.419 e. The number of likely N-dealkylation sites (tertiary alicyclic amines) is 1. The van der Waals surface area contributed by atoms with Crippen molar-refractivity contribution in [3.63, 3.8) is 0 Å². The summed E-state index contributed by atoms with van der Waals surface area (Å²) in [6.45, 7) is 4.68. The number of H-pyrrole nitrogens is 1. The molecule has 1 saturated heterocycles. The van der Waals surface area contributed by atoms with E-state index in [9.17, 15) is 19.8 Å². The van der Waals surface area contributed by atoms with Crippen molar-refractivity contribution in [2.24, 2.45) is 5.41 Å². The number of phenols is 1. The fourth-order valence-corrected chi connectivity index (χ4v) is 6.11. The van der Waals surface area contributed by atoms with Crippen LogP contribution in [0.3, 0.4) is 0 Å². The van der Waals surface area contributed by atoms with Gasteiger partial charge in [0.1, 0.15) is 5.75 Å². The van der Waals surface area contributed by atoms with Crippen LogP contribution in [-0.4, -0.2) is 50.8 Å². The van der Waals surface area contributed by atoms with Crippen LogP contribution in [0.15, 0.2) is 56.5 Å². The highest BCUT2D eigenvalue weighted by Gasteiger charge is 2.39. The van der Waals surface area contributed by atoms with E-state index in [1.54, 1.807) is 16.7 Å². The van der Waals surface area contributed by atoms with E-state index in [-0.39, 0.29) is 23.6 Å². The second-order valence-electron chi connectivity index (χ2n) is 11.1. The van der Waals surface area contributed by atoms with E-state index >= 15 is 0 Å². The normalized spacial score (nSPS) is 18.1. The molecule has 0 bridgehead atoms. The zero-order valence-corrected chi connectivity index (χ0v) is 22.0. The van der Waals surface area contributed by atoms with Crippen LogP contribution in [0.2, 0.25) is 0 Å². The zero-order chi connectivity index (χ0) is 27.0. The Hall–Kier alpha value is -3.40. The lowest BCUT2D eigenvalue weighted by molar-refractivity contribution is 0.0651. The van der Waals surface area contributed by atoms with Crippen LogP contribution in [0.1, 0.15) is 49.3 Å². The topological polar surface area (TPSA) is 124 Å². The van der Waals surface area contributed by atoms with Gasteiger partial charge in [0, 0.05) is 31.1 Å². The number of nitrogens with zero attached hydrogens (tertiary/aromatic N) is 2. The van der Waals surface area contributed by atoms with Crippen molar-refractivity contribution >= 4 is 22.0 Å². The van der Waals surface area contributed by atoms with Crippen LogP contribution in [0.5, 0.6) is 5.75 Å². The summed E-state index contributed by atoms with van der Waals surface area (Å²) in [4.78, 5) is 29.3. The highest BCUT2D eigenvalue weighted by atomic mass is 16.4. The monoisotopic (exact) mass is 531 g/mol. The summed E-state index contributed by atoms with van der Waals surface area (Å²) in [7, 11) is 0. The number of aromatic amines is 1. The average molecular weight is 532 g/mol. The molecule has 205 valence electrons. The minimum Gasteiger partial charge on any atom is -0.506 e. The number of phenolic OH excluding ortho intramolecular Hbond substituents is 1. The first-order valence-corrected chi connectivity index (χ1v) is 13.8. The molecule has 2 aromatic carbocycles. The summed E-state index contributed by atoms with van der Waals surface area (Å²) < 4.78 is 7.28. The molecule has 1 aliphatic heterocycles. The third kappa shape index (κ3) is 5.26. The third-order valence-electron chi connectivity index (χ3n) is 8.59. The number of benzene rings is 2. The average Bonchev–Trinajstić information content (AvgIpc) is 3.22. The molecule has 2 aromatic heterocycles. The van der Waals surface area contributed by atoms with Gasteiger partial charge in [-0.05, 0) is 99.0 Å². The molecule has 0 amide bonds. The van der Waals surface area contributed by atoms with Crippen LogP contribution in [0, 0.1) is 11.8 Å². The van der Waals surface area contributed by atoms with Crippen molar-refractivity contribution in [3.05, 3.63) is 80.9 Å². The molecular formula is C30H35N4O5. The molecule has 2 fully saturated rings. The maximum Gasteiger partial charge on any atom is 0.419 e. The fourth-order valence-electron chi connectivity index (χ4n) is 6.11. The first kappa shape index (κ1) is 25.9. The van der Waals surface area contributed by atoms with Crippen molar-refractivity contribution in [1.29, 1.82) is 0 Å². The molecule has 0 unspecified atom stereocenters. The quantitative estimate of drug-likeness (QED) is 0.261. The van der Waals surface area contributed by atoms with Gasteiger partial charge in [0.15, 0.2) is 5.58 Å². The maximum atomic E-state index is 12.6. The fraction of sp³-hybridized carbons (Fsp3) is 0.433. The molecule has 39 heavy (non-hydrogen) atoms. The maximum absolute atomic E-state index is 12.6. The van der Waals surface area contributed by atoms with E-state index < -0.39 is 6.10 Å². The molecule has 4 aromatic rings. The Labute approximate surface area is 226 Å². The van der Waals surface area contributed by atoms with Gasteiger partial charge < -0.3 is 29.8 Å². The Kier molecular flexibility index (Phi) is 7.05. The van der Waals surface area contributed by atoms with Crippen molar-refractivity contribution in [2.45, 2.75) is 51.3 Å². The number of rotatable bonds is 9. The molecule has 1 atom stereocenters. The van der Waals surface area contributed by atoms with Gasteiger partial charge in [-0.25, -0.2) is 4.79 Å². The summed E-state index contributed by atoms with van der Waals surface area (Å²) >= 11 is 0. The first-order chi connectivity index (χ1) is 18.9. The Balaban J connectivity index is 1.04. The number of aromatic hydroxyl groups is 1. The van der Waals surface area contributed by atoms with E-state index in [1.807, 2.05) is 18.2 Å². The van der Waals surface area contributed by atoms with Gasteiger partial charge >= 0.3 is 5.76 Å². The highest BCUT2D eigenvalue weighted by molar-refractivity contribution is 5.87. The van der Waals surface area contributed by atoms with Crippen LogP contribution in [-0.2, 0) is 13.1 Å². The summed E-state index contributed by atoms with van der Waals surface area (Å²) in [6.07, 6.45) is 7.62. The van der Waals surface area contributed by atoms with Crippen molar-refractivity contribution < 1.29 is 14.6 Å². The standard InChI is InChI=1S/C30H35N4O5/c35-24-7-4-21(22-5-8-27(37)32-28(22)24)25(36)19-31-18-20-3-6-23-26(17-20)39-29(38)34(23)14-2-13-33-15-11-30(12-16-33)9-1-10-30/h1,3-8,17,25,31,35-36H,2,9-16,18-19H2,(H,32,37)/t25-/m0/s1. The Morgan fingerprint density at radius 2 is 1.87 bits per heavy atom. The number of pyridine rings is 1. The molecule has 2 aliphatic rings. The lowest BCUT2D eigenvalue weighted by atomic mass is 9.63. The molecule has 6 rings (SSSR count). The van der Waals surface area contributed by atoms with Gasteiger partial charge in [-0.1, -0.05) is 12.1 Å². The lowest BCUT2D eigenvalue weighted by Crippen LogP contribution is -2.44. The van der Waals surface area contributed by atoms with Gasteiger partial charge in [-0.2, -0.15) is 0 Å². The molecule has 3 heterocycles. The van der Waals surface area contributed by atoms with Crippen molar-refractivity contribution in [2.75, 3.05) is 26.2 Å². The first-order valence-electron chi connectivity index (χ1n) is 13.8. The number of oxazole rings is 1. The summed E-state index contributed by atoms with van der Waals surface area (Å²) in [5.41, 5.74) is 3.49. The van der Waals surface area contributed by atoms with Gasteiger partial charge in [-0.15, -0.1) is 0 Å². The van der Waals surface area contributed by atoms with Gasteiger partial charge in [0.2, 0.25) is 5.56 Å². The Morgan fingerprint density at radius 3 is 2.64 bits per heavy atom. The third-order valence-corrected chi connectivity index (χ3v) is 8.59. The molecule has 4 N–H and O–H groups in total. The number of fused-ring (bicyclic) bond motifs is 2. The number of aromatic nitrogens is 2. The van der Waals surface area contributed by atoms with Gasteiger partial charge in [0.25, 0.3) is 0 Å². The second-order valence-corrected chi connectivity index (χ2v) is 11.1. The Morgan fingerprint density at radius 1 is 1.05 bits per heavy atom. The number of piperidine rings is 1. The number of nitrogens with one attached hydrogen (secondary N) is 2. The molecule has 1 aliphatic carbocycles. The SMILES string of the molecule is O=c1ccc2c([C@@H](O)CNCc3ccc4c(c3)oc(=O)n4CCCN3CCC4(C[CH]C4)CC3)ccc(O)c2[nH]1. The Bertz CT molecular complexity index is 1590. The molecule has 1 spiro atoms. The number of aryl methyl sites for hydroxylation is 1. The van der Waals surface area contributed by atoms with Crippen LogP contribution in [0.4, 0.5) is 0 Å². The summed E-state index contributed by atoms with van der Waals surface area (Å²) in [5, 5.41) is 24.7. The minimum absolute atomic E-state index is 0.0411. The lowest BCUT2D eigenvalue weighted by Gasteiger charge is -2.47. The highest BCUT2D eigenvalue weighted by Crippen LogP contribution is 2.48. The number of aliphatic hydroxyl groups excluding tert-OH is 1. The van der Waals surface area contributed by atoms with Crippen LogP contribution < -0.4 is 16.6 Å². The van der Waals surface area contributed by atoms with Crippen LogP contribution in [0.25, 0.3) is 22.0 Å². The molecule has 9 heteroatoms. The zero-order valence-electron chi connectivity index (χ0n) is 22.0. The van der Waals surface area contributed by atoms with E-state index in [0.29, 0.717) is 40.6 Å². The van der Waals surface area contributed by atoms with Crippen LogP contribution >= 0.6 is 0 Å². The minimum atomic E-state index is -0.848. The van der Waals surface area contributed by atoms with E-state index in [0.717, 1.165) is 37.1 Å². The molecular weight excluding hydrogens is 496 g/mol. The number of aliphatic hydroxyl groups is 1. The predicted octanol–water partition coefficient (Wildman–Crippen LogP) is 3.44. The summed E-state index contributed by atoms with van der Waals surface area (Å²) in [6, 6.07) is 11.9. The van der Waals surface area contributed by atoms with Gasteiger partial charge in [-0.3, -0.25) is 9.36 Å². The largest absolute Gasteiger partial charge is 0.506 e. The number of hydrogen-bond donors (Lipinski definition) is 4. The van der Waals surface area contributed by atoms with Gasteiger partial charge in [0.05, 0.1) is 17.1 Å². The van der Waals surface area contributed by atoms with E-state index in [2.05, 4.69) is 21.6 Å². The molecule has 9 nitrogen and oxygen atoms in total. The summed E-state index contributed by atoms with van der Waals surface area (Å²) in [5.74, 6) is -0.369. The van der Waals surface area contributed by atoms with Crippen molar-refractivity contribution in [3.8, 4) is 5.75 Å².